The Bertz CT molecular complexity index is 3110. The average Bonchev–Trinajstić information content (AvgIpc) is 3.89. The lowest BCUT2D eigenvalue weighted by Crippen LogP contribution is -2.00. The predicted octanol–water partition coefficient (Wildman–Crippen LogP) is 13.1. The SMILES string of the molecule is c1ccc(-c2ccc(-c3nc(-c4ccc(-c5ccccc5)cc4)nc(-c4ccc5c(ccc6oc7ccc8nc(-c9ccccc9)oc8c7c65)c4)n3)cc2)cc1. The van der Waals surface area contributed by atoms with Crippen LogP contribution < -0.4 is 0 Å². The number of benzene rings is 8. The first kappa shape index (κ1) is 31.8. The maximum Gasteiger partial charge on any atom is 0.227 e. The van der Waals surface area contributed by atoms with Crippen LogP contribution in [0.25, 0.3) is 112 Å². The highest BCUT2D eigenvalue weighted by atomic mass is 16.4. The first-order valence-corrected chi connectivity index (χ1v) is 18.5. The third-order valence-corrected chi connectivity index (χ3v) is 10.4. The van der Waals surface area contributed by atoms with Gasteiger partial charge in [0.25, 0.3) is 0 Å². The van der Waals surface area contributed by atoms with Gasteiger partial charge in [0, 0.05) is 27.6 Å². The minimum atomic E-state index is 0.579. The quantitative estimate of drug-likeness (QED) is 0.170. The lowest BCUT2D eigenvalue weighted by Gasteiger charge is -2.10. The molecule has 0 aliphatic carbocycles. The van der Waals surface area contributed by atoms with Gasteiger partial charge in [-0.1, -0.05) is 146 Å². The van der Waals surface area contributed by atoms with Crippen molar-refractivity contribution in [2.45, 2.75) is 0 Å². The largest absolute Gasteiger partial charge is 0.456 e. The maximum absolute atomic E-state index is 6.45. The number of fused-ring (bicyclic) bond motifs is 7. The Kier molecular flexibility index (Phi) is 7.38. The summed E-state index contributed by atoms with van der Waals surface area (Å²) in [7, 11) is 0. The zero-order chi connectivity index (χ0) is 37.0. The Morgan fingerprint density at radius 3 is 1.38 bits per heavy atom. The van der Waals surface area contributed by atoms with E-state index in [1.54, 1.807) is 0 Å². The van der Waals surface area contributed by atoms with Gasteiger partial charge in [0.2, 0.25) is 5.89 Å². The highest BCUT2D eigenvalue weighted by Gasteiger charge is 2.20. The van der Waals surface area contributed by atoms with Crippen LogP contribution >= 0.6 is 0 Å². The number of oxazole rings is 1. The Morgan fingerprint density at radius 2 is 0.786 bits per heavy atom. The van der Waals surface area contributed by atoms with Gasteiger partial charge in [0.05, 0.1) is 5.39 Å². The van der Waals surface area contributed by atoms with Crippen LogP contribution in [0.2, 0.25) is 0 Å². The Hall–Kier alpha value is -7.70. The molecule has 0 saturated heterocycles. The molecule has 0 saturated carbocycles. The van der Waals surface area contributed by atoms with Gasteiger partial charge in [-0.15, -0.1) is 0 Å². The highest BCUT2D eigenvalue weighted by molar-refractivity contribution is 6.25. The first-order valence-electron chi connectivity index (χ1n) is 18.5. The number of hydrogen-bond acceptors (Lipinski definition) is 6. The van der Waals surface area contributed by atoms with Crippen molar-refractivity contribution in [1.82, 2.24) is 19.9 Å². The molecule has 6 nitrogen and oxygen atoms in total. The third kappa shape index (κ3) is 5.51. The number of furan rings is 1. The van der Waals surface area contributed by atoms with Crippen molar-refractivity contribution in [2.75, 3.05) is 0 Å². The molecule has 6 heteroatoms. The van der Waals surface area contributed by atoms with Gasteiger partial charge in [-0.05, 0) is 69.4 Å². The molecule has 0 unspecified atom stereocenters. The fraction of sp³-hybridized carbons (Fsp3) is 0. The maximum atomic E-state index is 6.45. The first-order chi connectivity index (χ1) is 27.7. The molecule has 0 radical (unpaired) electrons. The molecule has 0 aliphatic rings. The number of hydrogen-bond donors (Lipinski definition) is 0. The van der Waals surface area contributed by atoms with Crippen LogP contribution in [0.1, 0.15) is 0 Å². The summed E-state index contributed by atoms with van der Waals surface area (Å²) in [4.78, 5) is 20.0. The summed E-state index contributed by atoms with van der Waals surface area (Å²) in [5.41, 5.74) is 11.2. The lowest BCUT2D eigenvalue weighted by atomic mass is 10.0. The Morgan fingerprint density at radius 1 is 0.321 bits per heavy atom. The second-order valence-corrected chi connectivity index (χ2v) is 13.8. The van der Waals surface area contributed by atoms with E-state index >= 15 is 0 Å². The van der Waals surface area contributed by atoms with Crippen molar-refractivity contribution < 1.29 is 8.83 Å². The van der Waals surface area contributed by atoms with Crippen LogP contribution in [0.4, 0.5) is 0 Å². The van der Waals surface area contributed by atoms with Crippen molar-refractivity contribution in [1.29, 1.82) is 0 Å². The molecular weight excluding hydrogens is 689 g/mol. The van der Waals surface area contributed by atoms with Gasteiger partial charge in [-0.2, -0.15) is 0 Å². The summed E-state index contributed by atoms with van der Waals surface area (Å²) < 4.78 is 12.8. The van der Waals surface area contributed by atoms with Crippen LogP contribution in [0.15, 0.2) is 191 Å². The van der Waals surface area contributed by atoms with Gasteiger partial charge in [0.1, 0.15) is 16.7 Å². The van der Waals surface area contributed by atoms with E-state index in [0.29, 0.717) is 28.9 Å². The minimum absolute atomic E-state index is 0.579. The van der Waals surface area contributed by atoms with E-state index in [1.807, 2.05) is 60.7 Å². The zero-order valence-corrected chi connectivity index (χ0v) is 29.9. The summed E-state index contributed by atoms with van der Waals surface area (Å²) in [6.45, 7) is 0. The summed E-state index contributed by atoms with van der Waals surface area (Å²) in [6, 6.07) is 61.9. The van der Waals surface area contributed by atoms with E-state index < -0.39 is 0 Å². The molecule has 8 aromatic carbocycles. The summed E-state index contributed by atoms with van der Waals surface area (Å²) in [5.74, 6) is 2.38. The zero-order valence-electron chi connectivity index (χ0n) is 29.9. The van der Waals surface area contributed by atoms with Crippen molar-refractivity contribution in [3.8, 4) is 67.9 Å². The fourth-order valence-electron chi connectivity index (χ4n) is 7.56. The summed E-state index contributed by atoms with van der Waals surface area (Å²) in [5, 5.41) is 3.96. The molecule has 3 aromatic heterocycles. The number of rotatable bonds is 6. The lowest BCUT2D eigenvalue weighted by molar-refractivity contribution is 0.622. The van der Waals surface area contributed by atoms with Crippen molar-refractivity contribution >= 4 is 43.8 Å². The minimum Gasteiger partial charge on any atom is -0.456 e. The molecule has 0 amide bonds. The van der Waals surface area contributed by atoms with Gasteiger partial charge in [-0.3, -0.25) is 0 Å². The summed E-state index contributed by atoms with van der Waals surface area (Å²) >= 11 is 0. The highest BCUT2D eigenvalue weighted by Crippen LogP contribution is 2.41. The molecule has 0 aliphatic heterocycles. The average molecular weight is 719 g/mol. The van der Waals surface area contributed by atoms with E-state index in [1.165, 1.54) is 0 Å². The molecule has 0 N–H and O–H groups in total. The molecule has 3 heterocycles. The second-order valence-electron chi connectivity index (χ2n) is 13.8. The third-order valence-electron chi connectivity index (χ3n) is 10.4. The summed E-state index contributed by atoms with van der Waals surface area (Å²) in [6.07, 6.45) is 0. The second kappa shape index (κ2) is 13.0. The smallest absolute Gasteiger partial charge is 0.227 e. The van der Waals surface area contributed by atoms with E-state index in [-0.39, 0.29) is 0 Å². The van der Waals surface area contributed by atoms with Crippen LogP contribution in [0, 0.1) is 0 Å². The van der Waals surface area contributed by atoms with E-state index in [2.05, 4.69) is 121 Å². The molecule has 0 spiro atoms. The monoisotopic (exact) mass is 718 g/mol. The normalized spacial score (nSPS) is 11.6. The van der Waals surface area contributed by atoms with Crippen LogP contribution in [0.3, 0.4) is 0 Å². The van der Waals surface area contributed by atoms with E-state index in [0.717, 1.165) is 82.7 Å². The molecule has 11 aromatic rings. The van der Waals surface area contributed by atoms with Crippen LogP contribution in [0.5, 0.6) is 0 Å². The molecular formula is C50H30N4O2. The molecule has 262 valence electrons. The van der Waals surface area contributed by atoms with Crippen LogP contribution in [-0.2, 0) is 0 Å². The van der Waals surface area contributed by atoms with E-state index in [4.69, 9.17) is 28.8 Å². The standard InChI is InChI=1S/C50H30N4O2/c1-4-10-31(11-5-1)33-16-20-35(21-17-33)47-52-48(36-22-18-34(19-23-36)32-12-6-2-7-13-32)54-49(53-47)39-24-26-40-38(30-39)25-28-42-44(40)45-43(55-42)29-27-41-46(45)56-50(51-41)37-14-8-3-9-15-37/h1-30H. The molecule has 0 bridgehead atoms. The van der Waals surface area contributed by atoms with Crippen molar-refractivity contribution in [3.63, 3.8) is 0 Å². The van der Waals surface area contributed by atoms with Gasteiger partial charge in [-0.25, -0.2) is 19.9 Å². The molecule has 0 atom stereocenters. The van der Waals surface area contributed by atoms with Crippen molar-refractivity contribution in [2.24, 2.45) is 0 Å². The van der Waals surface area contributed by atoms with Crippen LogP contribution in [-0.4, -0.2) is 19.9 Å². The Labute approximate surface area is 321 Å². The molecule has 11 rings (SSSR count). The fourth-order valence-corrected chi connectivity index (χ4v) is 7.56. The van der Waals surface area contributed by atoms with E-state index in [9.17, 15) is 0 Å². The van der Waals surface area contributed by atoms with Crippen molar-refractivity contribution in [3.05, 3.63) is 182 Å². The Balaban J connectivity index is 1.04. The molecule has 56 heavy (non-hydrogen) atoms. The van der Waals surface area contributed by atoms with Gasteiger partial charge in [0.15, 0.2) is 23.1 Å². The van der Waals surface area contributed by atoms with Gasteiger partial charge >= 0.3 is 0 Å². The molecule has 0 fully saturated rings. The van der Waals surface area contributed by atoms with Gasteiger partial charge < -0.3 is 8.83 Å². The number of nitrogens with zero attached hydrogens (tertiary/aromatic N) is 4. The number of aromatic nitrogens is 4. The predicted molar refractivity (Wildman–Crippen MR) is 225 cm³/mol. The topological polar surface area (TPSA) is 77.8 Å².